The van der Waals surface area contributed by atoms with E-state index in [9.17, 15) is 5.11 Å². The fourth-order valence-electron chi connectivity index (χ4n) is 2.93. The lowest BCUT2D eigenvalue weighted by Crippen LogP contribution is -2.34. The number of ether oxygens (including phenoxy) is 2. The van der Waals surface area contributed by atoms with Crippen molar-refractivity contribution in [2.45, 2.75) is 17.9 Å². The summed E-state index contributed by atoms with van der Waals surface area (Å²) in [5.41, 5.74) is 1.29. The summed E-state index contributed by atoms with van der Waals surface area (Å²) in [6.45, 7) is 1.15. The average molecular weight is 285 g/mol. The molecule has 0 spiro atoms. The quantitative estimate of drug-likeness (QED) is 0.937. The van der Waals surface area contributed by atoms with Crippen molar-refractivity contribution in [1.29, 1.82) is 0 Å². The molecular weight excluding hydrogens is 266 g/mol. The minimum absolute atomic E-state index is 0.444. The van der Waals surface area contributed by atoms with E-state index in [-0.39, 0.29) is 0 Å². The molecular formula is C17H19NO3. The van der Waals surface area contributed by atoms with Gasteiger partial charge in [0.2, 0.25) is 0 Å². The van der Waals surface area contributed by atoms with Crippen LogP contribution in [0.4, 0.5) is 0 Å². The highest BCUT2D eigenvalue weighted by atomic mass is 16.5. The zero-order valence-electron chi connectivity index (χ0n) is 12.0. The van der Waals surface area contributed by atoms with E-state index in [1.54, 1.807) is 13.3 Å². The predicted molar refractivity (Wildman–Crippen MR) is 79.3 cm³/mol. The molecule has 21 heavy (non-hydrogen) atoms. The van der Waals surface area contributed by atoms with Gasteiger partial charge in [0, 0.05) is 12.8 Å². The largest absolute Gasteiger partial charge is 0.497 e. The lowest BCUT2D eigenvalue weighted by molar-refractivity contribution is 0.0615. The Morgan fingerprint density at radius 1 is 1.24 bits per heavy atom. The van der Waals surface area contributed by atoms with Gasteiger partial charge in [-0.1, -0.05) is 18.2 Å². The van der Waals surface area contributed by atoms with Crippen molar-refractivity contribution < 1.29 is 14.6 Å². The van der Waals surface area contributed by atoms with Crippen LogP contribution in [0.1, 0.15) is 23.8 Å². The van der Waals surface area contributed by atoms with E-state index in [4.69, 9.17) is 9.47 Å². The van der Waals surface area contributed by atoms with Crippen LogP contribution in [0.5, 0.6) is 5.75 Å². The van der Waals surface area contributed by atoms with Crippen molar-refractivity contribution >= 4 is 0 Å². The summed E-state index contributed by atoms with van der Waals surface area (Å²) < 4.78 is 10.8. The maximum absolute atomic E-state index is 10.9. The number of pyridine rings is 1. The second-order valence-electron chi connectivity index (χ2n) is 5.34. The summed E-state index contributed by atoms with van der Waals surface area (Å²) in [5, 5.41) is 10.9. The van der Waals surface area contributed by atoms with Gasteiger partial charge in [-0.05, 0) is 36.2 Å². The zero-order valence-corrected chi connectivity index (χ0v) is 12.0. The van der Waals surface area contributed by atoms with Gasteiger partial charge in [0.15, 0.2) is 0 Å². The van der Waals surface area contributed by atoms with Crippen LogP contribution in [0.3, 0.4) is 0 Å². The molecule has 4 heteroatoms. The van der Waals surface area contributed by atoms with Crippen molar-refractivity contribution in [1.82, 2.24) is 4.98 Å². The Balaban J connectivity index is 1.99. The summed E-state index contributed by atoms with van der Waals surface area (Å²) in [7, 11) is 1.65. The normalized spacial score (nSPS) is 23.0. The van der Waals surface area contributed by atoms with Crippen molar-refractivity contribution in [2.75, 3.05) is 20.3 Å². The molecule has 0 saturated carbocycles. The molecule has 1 N–H and O–H groups in total. The average Bonchev–Trinajstić information content (AvgIpc) is 3.06. The Labute approximate surface area is 124 Å². The summed E-state index contributed by atoms with van der Waals surface area (Å²) in [4.78, 5) is 4.30. The highest BCUT2D eigenvalue weighted by Crippen LogP contribution is 2.43. The lowest BCUT2D eigenvalue weighted by Gasteiger charge is -2.33. The van der Waals surface area contributed by atoms with E-state index in [2.05, 4.69) is 4.98 Å². The number of aromatic nitrogens is 1. The molecule has 0 bridgehead atoms. The molecule has 2 aromatic rings. The summed E-state index contributed by atoms with van der Waals surface area (Å²) in [5.74, 6) is 0.806. The molecule has 0 amide bonds. The molecule has 1 fully saturated rings. The molecule has 0 aliphatic carbocycles. The maximum Gasteiger partial charge on any atom is 0.118 e. The van der Waals surface area contributed by atoms with Gasteiger partial charge in [0.05, 0.1) is 24.8 Å². The van der Waals surface area contributed by atoms with Gasteiger partial charge >= 0.3 is 0 Å². The third-order valence-electron chi connectivity index (χ3n) is 4.21. The highest BCUT2D eigenvalue weighted by Gasteiger charge is 2.44. The molecule has 2 heterocycles. The van der Waals surface area contributed by atoms with E-state index < -0.39 is 11.5 Å². The van der Waals surface area contributed by atoms with Gasteiger partial charge in [-0.2, -0.15) is 0 Å². The molecule has 3 rings (SSSR count). The molecule has 1 aliphatic rings. The summed E-state index contributed by atoms with van der Waals surface area (Å²) in [6.07, 6.45) is 1.79. The Bertz CT molecular complexity index is 577. The number of benzene rings is 1. The van der Waals surface area contributed by atoms with Gasteiger partial charge in [0.1, 0.15) is 11.9 Å². The van der Waals surface area contributed by atoms with Crippen molar-refractivity contribution in [3.05, 3.63) is 59.9 Å². The minimum atomic E-state index is -0.686. The Morgan fingerprint density at radius 3 is 2.62 bits per heavy atom. The number of methoxy groups -OCH3 is 1. The first-order valence-corrected chi connectivity index (χ1v) is 7.07. The van der Waals surface area contributed by atoms with Crippen LogP contribution in [0.25, 0.3) is 0 Å². The monoisotopic (exact) mass is 285 g/mol. The second-order valence-corrected chi connectivity index (χ2v) is 5.34. The molecule has 1 aromatic heterocycles. The zero-order chi connectivity index (χ0) is 14.7. The van der Waals surface area contributed by atoms with E-state index in [0.717, 1.165) is 17.7 Å². The lowest BCUT2D eigenvalue weighted by atomic mass is 9.74. The molecule has 4 nitrogen and oxygen atoms in total. The first-order valence-electron chi connectivity index (χ1n) is 7.07. The molecule has 1 aliphatic heterocycles. The molecule has 110 valence electrons. The highest BCUT2D eigenvalue weighted by molar-refractivity contribution is 5.35. The van der Waals surface area contributed by atoms with E-state index in [0.29, 0.717) is 18.9 Å². The van der Waals surface area contributed by atoms with Crippen molar-refractivity contribution in [3.8, 4) is 5.75 Å². The number of aliphatic hydroxyl groups excluding tert-OH is 1. The number of hydrogen-bond donors (Lipinski definition) is 1. The van der Waals surface area contributed by atoms with Crippen LogP contribution in [0.2, 0.25) is 0 Å². The van der Waals surface area contributed by atoms with Crippen molar-refractivity contribution in [2.24, 2.45) is 0 Å². The van der Waals surface area contributed by atoms with Gasteiger partial charge in [-0.25, -0.2) is 0 Å². The van der Waals surface area contributed by atoms with Gasteiger partial charge in [0.25, 0.3) is 0 Å². The molecule has 2 atom stereocenters. The Morgan fingerprint density at radius 2 is 2.05 bits per heavy atom. The third kappa shape index (κ3) is 2.52. The van der Waals surface area contributed by atoms with Crippen LogP contribution in [0.15, 0.2) is 48.7 Å². The number of hydrogen-bond acceptors (Lipinski definition) is 4. The van der Waals surface area contributed by atoms with E-state index >= 15 is 0 Å². The van der Waals surface area contributed by atoms with Gasteiger partial charge in [-0.3, -0.25) is 4.98 Å². The van der Waals surface area contributed by atoms with Crippen LogP contribution >= 0.6 is 0 Å². The van der Waals surface area contributed by atoms with Crippen LogP contribution in [0, 0.1) is 0 Å². The Hall–Kier alpha value is -1.91. The summed E-state index contributed by atoms with van der Waals surface area (Å²) in [6, 6.07) is 13.4. The summed E-state index contributed by atoms with van der Waals surface area (Å²) >= 11 is 0. The van der Waals surface area contributed by atoms with Crippen LogP contribution in [-0.4, -0.2) is 30.4 Å². The predicted octanol–water partition coefficient (Wildman–Crippen LogP) is 2.48. The number of rotatable bonds is 4. The van der Waals surface area contributed by atoms with Gasteiger partial charge in [-0.15, -0.1) is 0 Å². The molecule has 1 aromatic carbocycles. The fourth-order valence-corrected chi connectivity index (χ4v) is 2.93. The van der Waals surface area contributed by atoms with Crippen LogP contribution < -0.4 is 4.74 Å². The standard InChI is InChI=1S/C17H19NO3/c1-20-14-7-5-13(6-8-14)17(9-11-21-12-17)16(19)15-4-2-3-10-18-15/h2-8,10,16,19H,9,11-12H2,1H3. The SMILES string of the molecule is COc1ccc(C2(C(O)c3ccccn3)CCOC2)cc1. The molecule has 2 unspecified atom stereocenters. The first kappa shape index (κ1) is 14.0. The smallest absolute Gasteiger partial charge is 0.118 e. The van der Waals surface area contributed by atoms with Gasteiger partial charge < -0.3 is 14.6 Å². The maximum atomic E-state index is 10.9. The van der Waals surface area contributed by atoms with E-state index in [1.165, 1.54) is 0 Å². The molecule has 0 radical (unpaired) electrons. The van der Waals surface area contributed by atoms with Crippen molar-refractivity contribution in [3.63, 3.8) is 0 Å². The third-order valence-corrected chi connectivity index (χ3v) is 4.21. The Kier molecular flexibility index (Phi) is 3.90. The van der Waals surface area contributed by atoms with Crippen LogP contribution in [-0.2, 0) is 10.2 Å². The minimum Gasteiger partial charge on any atom is -0.497 e. The van der Waals surface area contributed by atoms with E-state index in [1.807, 2.05) is 42.5 Å². The second kappa shape index (κ2) is 5.84. The fraction of sp³-hybridized carbons (Fsp3) is 0.353. The number of aliphatic hydroxyl groups is 1. The topological polar surface area (TPSA) is 51.6 Å². The molecule has 1 saturated heterocycles. The first-order chi connectivity index (χ1) is 10.3. The number of nitrogens with zero attached hydrogens (tertiary/aromatic N) is 1.